The van der Waals surface area contributed by atoms with Crippen molar-refractivity contribution in [3.05, 3.63) is 23.3 Å². The van der Waals surface area contributed by atoms with Crippen LogP contribution >= 0.6 is 0 Å². The van der Waals surface area contributed by atoms with Crippen LogP contribution in [0, 0.1) is 25.2 Å². The molecule has 1 saturated carbocycles. The molecular weight excluding hydrogens is 326 g/mol. The second-order valence-corrected chi connectivity index (χ2v) is 8.66. The average molecular weight is 358 g/mol. The summed E-state index contributed by atoms with van der Waals surface area (Å²) in [6.45, 7) is 10.8. The van der Waals surface area contributed by atoms with Gasteiger partial charge in [-0.15, -0.1) is 0 Å². The predicted octanol–water partition coefficient (Wildman–Crippen LogP) is 3.39. The third-order valence-corrected chi connectivity index (χ3v) is 5.82. The Hall–Kier alpha value is -1.98. The SMILES string of the molecule is Cc1nc2ncnn2c(C)c1CCC(=O)NC1CCCCC1C(C)(C)C. The summed E-state index contributed by atoms with van der Waals surface area (Å²) in [5.41, 5.74) is 3.27. The molecule has 26 heavy (non-hydrogen) atoms. The highest BCUT2D eigenvalue weighted by Gasteiger charge is 2.34. The lowest BCUT2D eigenvalue weighted by Gasteiger charge is -2.40. The van der Waals surface area contributed by atoms with Gasteiger partial charge in [0.25, 0.3) is 5.78 Å². The van der Waals surface area contributed by atoms with Crippen molar-refractivity contribution in [2.24, 2.45) is 11.3 Å². The lowest BCUT2D eigenvalue weighted by molar-refractivity contribution is -0.122. The summed E-state index contributed by atoms with van der Waals surface area (Å²) in [7, 11) is 0. The number of amides is 1. The van der Waals surface area contributed by atoms with Crippen molar-refractivity contribution < 1.29 is 4.79 Å². The highest BCUT2D eigenvalue weighted by atomic mass is 16.1. The summed E-state index contributed by atoms with van der Waals surface area (Å²) in [6.07, 6.45) is 7.47. The minimum absolute atomic E-state index is 0.142. The minimum atomic E-state index is 0.142. The fraction of sp³-hybridized carbons (Fsp3) is 0.700. The lowest BCUT2D eigenvalue weighted by Crippen LogP contribution is -2.46. The zero-order valence-electron chi connectivity index (χ0n) is 16.7. The van der Waals surface area contributed by atoms with Crippen LogP contribution in [-0.4, -0.2) is 31.5 Å². The number of aryl methyl sites for hydroxylation is 2. The van der Waals surface area contributed by atoms with Crippen LogP contribution < -0.4 is 5.32 Å². The molecule has 0 bridgehead atoms. The van der Waals surface area contributed by atoms with Gasteiger partial charge in [-0.1, -0.05) is 33.6 Å². The Morgan fingerprint density at radius 2 is 2.00 bits per heavy atom. The van der Waals surface area contributed by atoms with E-state index in [1.54, 1.807) is 4.52 Å². The Kier molecular flexibility index (Phi) is 5.30. The Balaban J connectivity index is 1.65. The van der Waals surface area contributed by atoms with Gasteiger partial charge in [0, 0.05) is 23.9 Å². The van der Waals surface area contributed by atoms with Crippen LogP contribution in [0.1, 0.15) is 69.8 Å². The van der Waals surface area contributed by atoms with Gasteiger partial charge >= 0.3 is 0 Å². The second-order valence-electron chi connectivity index (χ2n) is 8.66. The monoisotopic (exact) mass is 357 g/mol. The number of carbonyl (C=O) groups excluding carboxylic acids is 1. The van der Waals surface area contributed by atoms with E-state index in [-0.39, 0.29) is 11.3 Å². The number of rotatable bonds is 4. The van der Waals surface area contributed by atoms with E-state index in [0.717, 1.165) is 23.4 Å². The van der Waals surface area contributed by atoms with E-state index in [4.69, 9.17) is 0 Å². The van der Waals surface area contributed by atoms with Crippen LogP contribution in [0.3, 0.4) is 0 Å². The lowest BCUT2D eigenvalue weighted by atomic mass is 9.69. The first-order chi connectivity index (χ1) is 12.3. The number of nitrogens with zero attached hydrogens (tertiary/aromatic N) is 4. The first-order valence-corrected chi connectivity index (χ1v) is 9.72. The zero-order chi connectivity index (χ0) is 18.9. The van der Waals surface area contributed by atoms with E-state index in [0.29, 0.717) is 30.6 Å². The summed E-state index contributed by atoms with van der Waals surface area (Å²) in [6, 6.07) is 0.300. The third-order valence-electron chi connectivity index (χ3n) is 5.82. The predicted molar refractivity (Wildman–Crippen MR) is 102 cm³/mol. The molecule has 0 aliphatic heterocycles. The molecule has 0 spiro atoms. The fourth-order valence-corrected chi connectivity index (χ4v) is 4.37. The van der Waals surface area contributed by atoms with E-state index < -0.39 is 0 Å². The van der Waals surface area contributed by atoms with Gasteiger partial charge in [0.15, 0.2) is 0 Å². The number of nitrogens with one attached hydrogen (secondary N) is 1. The maximum Gasteiger partial charge on any atom is 0.252 e. The van der Waals surface area contributed by atoms with E-state index in [1.807, 2.05) is 13.8 Å². The molecule has 2 aromatic rings. The standard InChI is InChI=1S/C20H31N5O/c1-13-15(14(2)25-19(23-13)21-12-22-25)10-11-18(26)24-17-9-7-6-8-16(17)20(3,4)5/h12,16-17H,6-11H2,1-5H3,(H,24,26). The zero-order valence-corrected chi connectivity index (χ0v) is 16.7. The summed E-state index contributed by atoms with van der Waals surface area (Å²) >= 11 is 0. The molecule has 1 amide bonds. The highest BCUT2D eigenvalue weighted by molar-refractivity contribution is 5.76. The van der Waals surface area contributed by atoms with Gasteiger partial charge in [-0.3, -0.25) is 4.79 Å². The van der Waals surface area contributed by atoms with Gasteiger partial charge in [0.2, 0.25) is 5.91 Å². The van der Waals surface area contributed by atoms with Crippen molar-refractivity contribution in [1.29, 1.82) is 0 Å². The summed E-state index contributed by atoms with van der Waals surface area (Å²) in [5.74, 6) is 1.31. The van der Waals surface area contributed by atoms with Crippen LogP contribution in [-0.2, 0) is 11.2 Å². The van der Waals surface area contributed by atoms with Crippen LogP contribution in [0.15, 0.2) is 6.33 Å². The quantitative estimate of drug-likeness (QED) is 0.910. The largest absolute Gasteiger partial charge is 0.353 e. The van der Waals surface area contributed by atoms with Crippen LogP contribution in [0.4, 0.5) is 0 Å². The topological polar surface area (TPSA) is 72.2 Å². The number of aromatic nitrogens is 4. The number of fused-ring (bicyclic) bond motifs is 1. The molecule has 2 aromatic heterocycles. The van der Waals surface area contributed by atoms with Crippen molar-refractivity contribution in [3.63, 3.8) is 0 Å². The molecule has 0 saturated heterocycles. The normalized spacial score (nSPS) is 21.1. The Labute approximate surface area is 155 Å². The molecule has 1 aliphatic carbocycles. The molecule has 2 heterocycles. The minimum Gasteiger partial charge on any atom is -0.353 e. The number of hydrogen-bond acceptors (Lipinski definition) is 4. The van der Waals surface area contributed by atoms with Crippen molar-refractivity contribution in [3.8, 4) is 0 Å². The highest BCUT2D eigenvalue weighted by Crippen LogP contribution is 2.38. The van der Waals surface area contributed by atoms with Gasteiger partial charge in [-0.2, -0.15) is 10.1 Å². The van der Waals surface area contributed by atoms with Crippen LogP contribution in [0.2, 0.25) is 0 Å². The van der Waals surface area contributed by atoms with Gasteiger partial charge < -0.3 is 5.32 Å². The third kappa shape index (κ3) is 3.89. The van der Waals surface area contributed by atoms with Crippen molar-refractivity contribution in [2.75, 3.05) is 0 Å². The smallest absolute Gasteiger partial charge is 0.252 e. The van der Waals surface area contributed by atoms with Crippen molar-refractivity contribution in [2.45, 2.75) is 79.2 Å². The molecule has 1 N–H and O–H groups in total. The van der Waals surface area contributed by atoms with Gasteiger partial charge in [0.1, 0.15) is 6.33 Å². The Morgan fingerprint density at radius 3 is 2.73 bits per heavy atom. The molecular formula is C20H31N5O. The van der Waals surface area contributed by atoms with E-state index >= 15 is 0 Å². The summed E-state index contributed by atoms with van der Waals surface area (Å²) in [4.78, 5) is 21.3. The second kappa shape index (κ2) is 7.33. The van der Waals surface area contributed by atoms with Gasteiger partial charge in [0.05, 0.1) is 0 Å². The summed E-state index contributed by atoms with van der Waals surface area (Å²) in [5, 5.41) is 7.54. The van der Waals surface area contributed by atoms with Crippen molar-refractivity contribution >= 4 is 11.7 Å². The summed E-state index contributed by atoms with van der Waals surface area (Å²) < 4.78 is 1.75. The first-order valence-electron chi connectivity index (χ1n) is 9.72. The molecule has 2 unspecified atom stereocenters. The fourth-order valence-electron chi connectivity index (χ4n) is 4.37. The van der Waals surface area contributed by atoms with E-state index in [1.165, 1.54) is 25.6 Å². The van der Waals surface area contributed by atoms with Gasteiger partial charge in [-0.05, 0) is 50.0 Å². The molecule has 2 atom stereocenters. The molecule has 3 rings (SSSR count). The average Bonchev–Trinajstić information content (AvgIpc) is 3.02. The number of carbonyl (C=O) groups is 1. The van der Waals surface area contributed by atoms with E-state index in [2.05, 4.69) is 41.2 Å². The Bertz CT molecular complexity index is 789. The molecule has 6 nitrogen and oxygen atoms in total. The first kappa shape index (κ1) is 18.8. The molecule has 1 aliphatic rings. The Morgan fingerprint density at radius 1 is 1.27 bits per heavy atom. The van der Waals surface area contributed by atoms with Crippen LogP contribution in [0.5, 0.6) is 0 Å². The van der Waals surface area contributed by atoms with E-state index in [9.17, 15) is 4.79 Å². The molecule has 142 valence electrons. The molecule has 0 radical (unpaired) electrons. The van der Waals surface area contributed by atoms with Crippen LogP contribution in [0.25, 0.3) is 5.78 Å². The maximum absolute atomic E-state index is 12.6. The molecule has 0 aromatic carbocycles. The maximum atomic E-state index is 12.6. The molecule has 1 fully saturated rings. The molecule has 6 heteroatoms. The number of hydrogen-bond donors (Lipinski definition) is 1. The van der Waals surface area contributed by atoms with Crippen molar-refractivity contribution in [1.82, 2.24) is 24.9 Å². The van der Waals surface area contributed by atoms with Gasteiger partial charge in [-0.25, -0.2) is 9.50 Å².